The van der Waals surface area contributed by atoms with Crippen LogP contribution >= 0.6 is 0 Å². The van der Waals surface area contributed by atoms with Crippen molar-refractivity contribution < 1.29 is 4.74 Å². The molecule has 2 aliphatic rings. The van der Waals surface area contributed by atoms with Crippen molar-refractivity contribution in [3.8, 4) is 11.8 Å². The molecule has 2 unspecified atom stereocenters. The molecule has 0 aromatic heterocycles. The normalized spacial score (nSPS) is 30.4. The monoisotopic (exact) mass is 219 g/mol. The third-order valence-electron chi connectivity index (χ3n) is 3.68. The van der Waals surface area contributed by atoms with Gasteiger partial charge in [0.15, 0.2) is 11.8 Å². The minimum absolute atomic E-state index is 0.798. The van der Waals surface area contributed by atoms with Gasteiger partial charge in [0, 0.05) is 12.8 Å². The molecule has 1 saturated carbocycles. The molecule has 16 heavy (non-hydrogen) atoms. The largest absolute Gasteiger partial charge is 0.256 e. The van der Waals surface area contributed by atoms with Crippen molar-refractivity contribution in [1.29, 1.82) is 0 Å². The number of ether oxygens (including phenoxy) is 1. The number of hydrogen-bond acceptors (Lipinski definition) is 1. The van der Waals surface area contributed by atoms with Crippen molar-refractivity contribution in [3.05, 3.63) is 6.10 Å². The minimum atomic E-state index is 0.798. The van der Waals surface area contributed by atoms with Crippen molar-refractivity contribution in [2.45, 2.75) is 58.3 Å². The predicted octanol–water partition coefficient (Wildman–Crippen LogP) is 3.94. The molecule has 0 N–H and O–H groups in total. The van der Waals surface area contributed by atoms with Gasteiger partial charge in [-0.1, -0.05) is 0 Å². The van der Waals surface area contributed by atoms with Crippen LogP contribution in [0.25, 0.3) is 0 Å². The summed E-state index contributed by atoms with van der Waals surface area (Å²) in [5.74, 6) is 8.16. The van der Waals surface area contributed by atoms with Gasteiger partial charge in [0.05, 0.1) is 6.61 Å². The van der Waals surface area contributed by atoms with Crippen molar-refractivity contribution in [2.75, 3.05) is 6.61 Å². The fourth-order valence-electron chi connectivity index (χ4n) is 2.75. The van der Waals surface area contributed by atoms with Gasteiger partial charge in [-0.3, -0.25) is 0 Å². The highest BCUT2D eigenvalue weighted by atomic mass is 16.5. The summed E-state index contributed by atoms with van der Waals surface area (Å²) < 4.78 is 5.74. The summed E-state index contributed by atoms with van der Waals surface area (Å²) in [5.41, 5.74) is 0. The molecule has 0 aromatic carbocycles. The molecule has 0 saturated heterocycles. The molecule has 2 rings (SSSR count). The molecule has 0 radical (unpaired) electrons. The van der Waals surface area contributed by atoms with Crippen LogP contribution in [0.3, 0.4) is 0 Å². The second-order valence-electron chi connectivity index (χ2n) is 4.89. The highest BCUT2D eigenvalue weighted by Crippen LogP contribution is 2.54. The van der Waals surface area contributed by atoms with Gasteiger partial charge < -0.3 is 0 Å². The second-order valence-corrected chi connectivity index (χ2v) is 4.89. The van der Waals surface area contributed by atoms with E-state index in [0.29, 0.717) is 0 Å². The van der Waals surface area contributed by atoms with Crippen molar-refractivity contribution in [2.24, 2.45) is 11.8 Å². The van der Waals surface area contributed by atoms with Gasteiger partial charge in [0.2, 0.25) is 0 Å². The fraction of sp³-hybridized carbons (Fsp3) is 0.800. The highest BCUT2D eigenvalue weighted by Gasteiger charge is 2.65. The second kappa shape index (κ2) is 6.21. The summed E-state index contributed by atoms with van der Waals surface area (Å²) in [5, 5.41) is 0. The van der Waals surface area contributed by atoms with E-state index in [2.05, 4.69) is 18.8 Å². The fourth-order valence-corrected chi connectivity index (χ4v) is 2.75. The van der Waals surface area contributed by atoms with Crippen LogP contribution in [0.4, 0.5) is 0 Å². The summed E-state index contributed by atoms with van der Waals surface area (Å²) in [7, 11) is 0. The summed E-state index contributed by atoms with van der Waals surface area (Å²) >= 11 is 0. The topological polar surface area (TPSA) is 9.23 Å². The molecule has 0 amide bonds. The Balaban J connectivity index is 1.79. The highest BCUT2D eigenvalue weighted by molar-refractivity contribution is 5.14. The first-order chi connectivity index (χ1) is 7.93. The molecule has 0 aromatic rings. The molecular formula is C15H23O+. The predicted molar refractivity (Wildman–Crippen MR) is 66.6 cm³/mol. The van der Waals surface area contributed by atoms with E-state index < -0.39 is 0 Å². The lowest BCUT2D eigenvalue weighted by molar-refractivity contribution is 0.185. The molecule has 1 fully saturated rings. The Hall–Kier alpha value is -0.610. The SMILES string of the molecule is CCO[C+]1C2CCCCC#CCCCCC12. The smallest absolute Gasteiger partial charge is 0.193 e. The zero-order chi connectivity index (χ0) is 11.2. The van der Waals surface area contributed by atoms with Gasteiger partial charge >= 0.3 is 0 Å². The Morgan fingerprint density at radius 3 is 2.06 bits per heavy atom. The molecule has 2 atom stereocenters. The quantitative estimate of drug-likeness (QED) is 0.505. The molecular weight excluding hydrogens is 196 g/mol. The third kappa shape index (κ3) is 3.19. The van der Waals surface area contributed by atoms with Gasteiger partial charge in [0.1, 0.15) is 0 Å². The van der Waals surface area contributed by atoms with E-state index >= 15 is 0 Å². The van der Waals surface area contributed by atoms with Crippen molar-refractivity contribution >= 4 is 0 Å². The maximum atomic E-state index is 5.74. The third-order valence-corrected chi connectivity index (χ3v) is 3.68. The van der Waals surface area contributed by atoms with Gasteiger partial charge in [-0.2, -0.15) is 4.74 Å². The van der Waals surface area contributed by atoms with Gasteiger partial charge in [-0.25, -0.2) is 0 Å². The Bertz CT molecular complexity index is 238. The lowest BCUT2D eigenvalue weighted by Gasteiger charge is -1.95. The van der Waals surface area contributed by atoms with E-state index in [-0.39, 0.29) is 0 Å². The summed E-state index contributed by atoms with van der Waals surface area (Å²) in [4.78, 5) is 0. The molecule has 1 heteroatoms. The molecule has 0 aliphatic heterocycles. The van der Waals surface area contributed by atoms with Crippen LogP contribution in [0.2, 0.25) is 0 Å². The van der Waals surface area contributed by atoms with E-state index in [1.54, 1.807) is 0 Å². The lowest BCUT2D eigenvalue weighted by Crippen LogP contribution is -1.89. The molecule has 88 valence electrons. The summed E-state index contributed by atoms with van der Waals surface area (Å²) in [6.07, 6.45) is 11.5. The Kier molecular flexibility index (Phi) is 4.60. The standard InChI is InChI=1S/C15H23O/c1-2-16-15-13-11-9-7-5-3-4-6-8-10-12-14(13)15/h13-14H,2,5-12H2,1H3/q+1. The van der Waals surface area contributed by atoms with Crippen molar-refractivity contribution in [3.63, 3.8) is 0 Å². The van der Waals surface area contributed by atoms with Crippen LogP contribution in [0.1, 0.15) is 58.3 Å². The van der Waals surface area contributed by atoms with Gasteiger partial charge in [-0.05, 0) is 45.4 Å². The van der Waals surface area contributed by atoms with Crippen LogP contribution in [-0.4, -0.2) is 6.61 Å². The molecule has 1 nitrogen and oxygen atoms in total. The van der Waals surface area contributed by atoms with Crippen molar-refractivity contribution in [1.82, 2.24) is 0 Å². The van der Waals surface area contributed by atoms with E-state index in [1.807, 2.05) is 0 Å². The summed E-state index contributed by atoms with van der Waals surface area (Å²) in [6.45, 7) is 2.95. The number of hydrogen-bond donors (Lipinski definition) is 0. The van der Waals surface area contributed by atoms with Crippen LogP contribution in [0.5, 0.6) is 0 Å². The minimum Gasteiger partial charge on any atom is -0.193 e. The molecule has 0 spiro atoms. The van der Waals surface area contributed by atoms with Gasteiger partial charge in [-0.15, -0.1) is 11.8 Å². The van der Waals surface area contributed by atoms with Crippen LogP contribution < -0.4 is 0 Å². The van der Waals surface area contributed by atoms with E-state index in [0.717, 1.165) is 31.3 Å². The number of fused-ring (bicyclic) bond motifs is 1. The van der Waals surface area contributed by atoms with E-state index in [4.69, 9.17) is 4.74 Å². The first kappa shape index (κ1) is 11.9. The average Bonchev–Trinajstić information content (AvgIpc) is 2.91. The average molecular weight is 219 g/mol. The van der Waals surface area contributed by atoms with Crippen LogP contribution in [0.15, 0.2) is 0 Å². The molecule has 2 aliphatic carbocycles. The zero-order valence-electron chi connectivity index (χ0n) is 10.4. The Morgan fingerprint density at radius 1 is 1.00 bits per heavy atom. The van der Waals surface area contributed by atoms with Crippen LogP contribution in [0, 0.1) is 29.8 Å². The zero-order valence-corrected chi connectivity index (χ0v) is 10.4. The maximum Gasteiger partial charge on any atom is 0.256 e. The maximum absolute atomic E-state index is 5.74. The Labute approximate surface area is 99.9 Å². The number of rotatable bonds is 2. The van der Waals surface area contributed by atoms with E-state index in [9.17, 15) is 0 Å². The lowest BCUT2D eigenvalue weighted by atomic mass is 10.1. The molecule has 0 heterocycles. The Morgan fingerprint density at radius 2 is 1.56 bits per heavy atom. The van der Waals surface area contributed by atoms with E-state index in [1.165, 1.54) is 44.6 Å². The van der Waals surface area contributed by atoms with Gasteiger partial charge in [0.25, 0.3) is 6.10 Å². The molecule has 0 bridgehead atoms. The first-order valence-electron chi connectivity index (χ1n) is 6.88. The first-order valence-corrected chi connectivity index (χ1v) is 6.88. The summed E-state index contributed by atoms with van der Waals surface area (Å²) in [6, 6.07) is 0. The van der Waals surface area contributed by atoms with Crippen LogP contribution in [-0.2, 0) is 4.74 Å².